The first-order chi connectivity index (χ1) is 7.27. The predicted octanol–water partition coefficient (Wildman–Crippen LogP) is 1.70. The molecule has 0 aliphatic carbocycles. The molecule has 3 unspecified atom stereocenters. The fourth-order valence-electron chi connectivity index (χ4n) is 1.54. The van der Waals surface area contributed by atoms with Gasteiger partial charge in [0.05, 0.1) is 24.9 Å². The molecule has 4 heteroatoms. The average Bonchev–Trinajstić information content (AvgIpc) is 2.94. The molecule has 0 aromatic rings. The molecule has 1 aliphatic rings. The van der Waals surface area contributed by atoms with Crippen LogP contribution in [0.25, 0.3) is 0 Å². The SMILES string of the molecule is COCOCCC(C#N)CCC1OC1C. The Bertz CT molecular complexity index is 214. The van der Waals surface area contributed by atoms with Gasteiger partial charge in [-0.15, -0.1) is 0 Å². The largest absolute Gasteiger partial charge is 0.370 e. The van der Waals surface area contributed by atoms with Gasteiger partial charge in [-0.05, 0) is 26.2 Å². The van der Waals surface area contributed by atoms with Crippen LogP contribution in [0.15, 0.2) is 0 Å². The standard InChI is InChI=1S/C11H19NO3/c1-9-11(15-9)4-3-10(7-12)5-6-14-8-13-2/h9-11H,3-6,8H2,1-2H3. The van der Waals surface area contributed by atoms with Crippen LogP contribution in [0.1, 0.15) is 26.2 Å². The highest BCUT2D eigenvalue weighted by molar-refractivity contribution is 4.87. The van der Waals surface area contributed by atoms with Crippen LogP contribution < -0.4 is 0 Å². The lowest BCUT2D eigenvalue weighted by atomic mass is 10.00. The summed E-state index contributed by atoms with van der Waals surface area (Å²) in [5, 5.41) is 8.90. The molecule has 86 valence electrons. The highest BCUT2D eigenvalue weighted by Crippen LogP contribution is 2.27. The number of methoxy groups -OCH3 is 1. The zero-order valence-corrected chi connectivity index (χ0v) is 9.44. The molecule has 0 aromatic carbocycles. The maximum atomic E-state index is 8.90. The lowest BCUT2D eigenvalue weighted by Crippen LogP contribution is -2.06. The summed E-state index contributed by atoms with van der Waals surface area (Å²) in [6, 6.07) is 2.30. The first-order valence-corrected chi connectivity index (χ1v) is 5.39. The summed E-state index contributed by atoms with van der Waals surface area (Å²) in [7, 11) is 1.59. The maximum absolute atomic E-state index is 8.90. The molecule has 15 heavy (non-hydrogen) atoms. The van der Waals surface area contributed by atoms with Crippen molar-refractivity contribution in [3.63, 3.8) is 0 Å². The zero-order chi connectivity index (χ0) is 11.1. The lowest BCUT2D eigenvalue weighted by Gasteiger charge is -2.07. The van der Waals surface area contributed by atoms with Crippen molar-refractivity contribution in [2.45, 2.75) is 38.4 Å². The number of rotatable bonds is 8. The summed E-state index contributed by atoms with van der Waals surface area (Å²) >= 11 is 0. The Labute approximate surface area is 91.1 Å². The van der Waals surface area contributed by atoms with Gasteiger partial charge in [0.25, 0.3) is 0 Å². The van der Waals surface area contributed by atoms with Crippen LogP contribution in [0.5, 0.6) is 0 Å². The molecule has 0 aromatic heterocycles. The second-order valence-electron chi connectivity index (χ2n) is 3.89. The van der Waals surface area contributed by atoms with Crippen LogP contribution in [-0.4, -0.2) is 32.7 Å². The minimum absolute atomic E-state index is 0.0817. The molecule has 3 atom stereocenters. The lowest BCUT2D eigenvalue weighted by molar-refractivity contribution is -0.0333. The molecule has 1 rings (SSSR count). The van der Waals surface area contributed by atoms with Gasteiger partial charge in [0.15, 0.2) is 0 Å². The van der Waals surface area contributed by atoms with E-state index in [0.717, 1.165) is 19.3 Å². The molecular weight excluding hydrogens is 194 g/mol. The monoisotopic (exact) mass is 213 g/mol. The maximum Gasteiger partial charge on any atom is 0.146 e. The molecule has 0 N–H and O–H groups in total. The Hall–Kier alpha value is -0.630. The highest BCUT2D eigenvalue weighted by Gasteiger charge is 2.33. The Kier molecular flexibility index (Phi) is 5.62. The molecule has 1 aliphatic heterocycles. The van der Waals surface area contributed by atoms with Gasteiger partial charge >= 0.3 is 0 Å². The first-order valence-electron chi connectivity index (χ1n) is 5.39. The van der Waals surface area contributed by atoms with Crippen molar-refractivity contribution in [3.8, 4) is 6.07 Å². The molecule has 0 radical (unpaired) electrons. The summed E-state index contributed by atoms with van der Waals surface area (Å²) in [6.07, 6.45) is 3.46. The van der Waals surface area contributed by atoms with E-state index in [-0.39, 0.29) is 5.92 Å². The fraction of sp³-hybridized carbons (Fsp3) is 0.909. The third kappa shape index (κ3) is 5.12. The van der Waals surface area contributed by atoms with Crippen LogP contribution in [0, 0.1) is 17.2 Å². The summed E-state index contributed by atoms with van der Waals surface area (Å²) < 4.78 is 15.2. The zero-order valence-electron chi connectivity index (χ0n) is 9.44. The van der Waals surface area contributed by atoms with Gasteiger partial charge < -0.3 is 14.2 Å². The fourth-order valence-corrected chi connectivity index (χ4v) is 1.54. The molecule has 1 heterocycles. The third-order valence-electron chi connectivity index (χ3n) is 2.63. The molecule has 0 saturated carbocycles. The van der Waals surface area contributed by atoms with E-state index in [0.29, 0.717) is 25.6 Å². The second kappa shape index (κ2) is 6.78. The summed E-state index contributed by atoms with van der Waals surface area (Å²) in [5.74, 6) is 0.0817. The Balaban J connectivity index is 2.00. The first kappa shape index (κ1) is 12.4. The van der Waals surface area contributed by atoms with Gasteiger partial charge in [0, 0.05) is 13.0 Å². The van der Waals surface area contributed by atoms with E-state index < -0.39 is 0 Å². The molecule has 1 saturated heterocycles. The van der Waals surface area contributed by atoms with Crippen LogP contribution in [-0.2, 0) is 14.2 Å². The van der Waals surface area contributed by atoms with Gasteiger partial charge in [-0.1, -0.05) is 0 Å². The van der Waals surface area contributed by atoms with Gasteiger partial charge in [-0.3, -0.25) is 0 Å². The smallest absolute Gasteiger partial charge is 0.146 e. The van der Waals surface area contributed by atoms with Crippen molar-refractivity contribution in [2.75, 3.05) is 20.5 Å². The topological polar surface area (TPSA) is 54.8 Å². The molecule has 0 amide bonds. The van der Waals surface area contributed by atoms with Crippen LogP contribution in [0.2, 0.25) is 0 Å². The number of nitriles is 1. The van der Waals surface area contributed by atoms with Crippen molar-refractivity contribution in [1.29, 1.82) is 5.26 Å². The minimum Gasteiger partial charge on any atom is -0.370 e. The molecule has 1 fully saturated rings. The van der Waals surface area contributed by atoms with Crippen molar-refractivity contribution in [2.24, 2.45) is 5.92 Å². The summed E-state index contributed by atoms with van der Waals surface area (Å²) in [5.41, 5.74) is 0. The van der Waals surface area contributed by atoms with Gasteiger partial charge in [-0.25, -0.2) is 0 Å². The minimum atomic E-state index is 0.0817. The number of hydrogen-bond donors (Lipinski definition) is 0. The Morgan fingerprint density at radius 1 is 1.47 bits per heavy atom. The quantitative estimate of drug-likeness (QED) is 0.350. The van der Waals surface area contributed by atoms with E-state index in [1.54, 1.807) is 7.11 Å². The van der Waals surface area contributed by atoms with Crippen molar-refractivity contribution >= 4 is 0 Å². The second-order valence-corrected chi connectivity index (χ2v) is 3.89. The van der Waals surface area contributed by atoms with E-state index in [9.17, 15) is 0 Å². The number of nitrogens with zero attached hydrogens (tertiary/aromatic N) is 1. The van der Waals surface area contributed by atoms with E-state index >= 15 is 0 Å². The molecule has 0 spiro atoms. The van der Waals surface area contributed by atoms with E-state index in [4.69, 9.17) is 19.5 Å². The Morgan fingerprint density at radius 2 is 2.20 bits per heavy atom. The van der Waals surface area contributed by atoms with Gasteiger partial charge in [-0.2, -0.15) is 5.26 Å². The highest BCUT2D eigenvalue weighted by atomic mass is 16.7. The average molecular weight is 213 g/mol. The Morgan fingerprint density at radius 3 is 2.73 bits per heavy atom. The predicted molar refractivity (Wildman–Crippen MR) is 55.1 cm³/mol. The third-order valence-corrected chi connectivity index (χ3v) is 2.63. The normalized spacial score (nSPS) is 25.9. The van der Waals surface area contributed by atoms with Crippen molar-refractivity contribution in [1.82, 2.24) is 0 Å². The van der Waals surface area contributed by atoms with E-state index in [1.807, 2.05) is 0 Å². The van der Waals surface area contributed by atoms with E-state index in [1.165, 1.54) is 0 Å². The summed E-state index contributed by atoms with van der Waals surface area (Å²) in [6.45, 7) is 2.96. The van der Waals surface area contributed by atoms with Crippen LogP contribution >= 0.6 is 0 Å². The van der Waals surface area contributed by atoms with Gasteiger partial charge in [0.2, 0.25) is 0 Å². The van der Waals surface area contributed by atoms with Crippen LogP contribution in [0.4, 0.5) is 0 Å². The van der Waals surface area contributed by atoms with Crippen molar-refractivity contribution in [3.05, 3.63) is 0 Å². The number of hydrogen-bond acceptors (Lipinski definition) is 4. The summed E-state index contributed by atoms with van der Waals surface area (Å²) in [4.78, 5) is 0. The van der Waals surface area contributed by atoms with Gasteiger partial charge in [0.1, 0.15) is 6.79 Å². The molecule has 0 bridgehead atoms. The van der Waals surface area contributed by atoms with E-state index in [2.05, 4.69) is 13.0 Å². The van der Waals surface area contributed by atoms with Crippen molar-refractivity contribution < 1.29 is 14.2 Å². The molecule has 4 nitrogen and oxygen atoms in total. The number of ether oxygens (including phenoxy) is 3. The molecular formula is C11H19NO3. The van der Waals surface area contributed by atoms with Crippen LogP contribution in [0.3, 0.4) is 0 Å². The number of epoxide rings is 1.